The Bertz CT molecular complexity index is 380. The summed E-state index contributed by atoms with van der Waals surface area (Å²) in [4.78, 5) is 4.37. The molecule has 0 unspecified atom stereocenters. The zero-order valence-corrected chi connectivity index (χ0v) is 14.2. The maximum absolute atomic E-state index is 5.46. The molecule has 18 heavy (non-hydrogen) atoms. The summed E-state index contributed by atoms with van der Waals surface area (Å²) in [6.07, 6.45) is 0. The molecule has 0 atom stereocenters. The van der Waals surface area contributed by atoms with Crippen LogP contribution in [0.5, 0.6) is 0 Å². The average Bonchev–Trinajstić information content (AvgIpc) is 2.26. The quantitative estimate of drug-likeness (QED) is 0.328. The lowest BCUT2D eigenvalue weighted by atomic mass is 10.3. The summed E-state index contributed by atoms with van der Waals surface area (Å²) < 4.78 is 11.8. The van der Waals surface area contributed by atoms with Crippen molar-refractivity contribution in [2.24, 2.45) is 0 Å². The minimum atomic E-state index is -0.994. The predicted octanol–water partition coefficient (Wildman–Crippen LogP) is 3.98. The van der Waals surface area contributed by atoms with Gasteiger partial charge in [-0.15, -0.1) is 0 Å². The van der Waals surface area contributed by atoms with E-state index in [1.165, 1.54) is 6.04 Å². The Balaban J connectivity index is 2.16. The van der Waals surface area contributed by atoms with Gasteiger partial charge in [0.1, 0.15) is 11.4 Å². The van der Waals surface area contributed by atoms with E-state index in [9.17, 15) is 0 Å². The molecule has 1 heterocycles. The molecule has 0 aliphatic heterocycles. The van der Waals surface area contributed by atoms with Crippen molar-refractivity contribution in [1.29, 1.82) is 0 Å². The zero-order chi connectivity index (χ0) is 13.6. The van der Waals surface area contributed by atoms with E-state index in [1.807, 2.05) is 19.1 Å². The highest BCUT2D eigenvalue weighted by Crippen LogP contribution is 2.13. The van der Waals surface area contributed by atoms with E-state index in [0.717, 1.165) is 22.5 Å². The summed E-state index contributed by atoms with van der Waals surface area (Å²) >= 11 is 3.41. The Morgan fingerprint density at radius 1 is 1.22 bits per heavy atom. The van der Waals surface area contributed by atoms with Gasteiger partial charge in [0, 0.05) is 14.7 Å². The van der Waals surface area contributed by atoms with Crippen molar-refractivity contribution in [3.8, 4) is 0 Å². The topological polar surface area (TPSA) is 31.4 Å². The molecule has 1 aromatic rings. The highest BCUT2D eigenvalue weighted by atomic mass is 79.9. The molecular formula is C13H22BrNO2Si. The summed E-state index contributed by atoms with van der Waals surface area (Å²) in [5, 5.41) is 0. The predicted molar refractivity (Wildman–Crippen MR) is 80.4 cm³/mol. The molecule has 3 nitrogen and oxygen atoms in total. The minimum Gasteiger partial charge on any atom is -0.356 e. The van der Waals surface area contributed by atoms with Crippen molar-refractivity contribution in [2.45, 2.75) is 39.2 Å². The van der Waals surface area contributed by atoms with E-state index < -0.39 is 8.07 Å². The third-order valence-electron chi connectivity index (χ3n) is 2.51. The van der Waals surface area contributed by atoms with Crippen LogP contribution in [0, 0.1) is 6.92 Å². The number of hydrogen-bond donors (Lipinski definition) is 0. The summed E-state index contributed by atoms with van der Waals surface area (Å²) in [6.45, 7) is 10.7. The van der Waals surface area contributed by atoms with Crippen molar-refractivity contribution in [1.82, 2.24) is 4.98 Å². The van der Waals surface area contributed by atoms with Crippen LogP contribution in [0.15, 0.2) is 16.7 Å². The molecule has 0 saturated heterocycles. The van der Waals surface area contributed by atoms with Crippen LogP contribution in [0.25, 0.3) is 0 Å². The van der Waals surface area contributed by atoms with Crippen LogP contribution in [0.1, 0.15) is 11.3 Å². The summed E-state index contributed by atoms with van der Waals surface area (Å²) in [6, 6.07) is 5.18. The first-order chi connectivity index (χ1) is 8.38. The number of nitrogens with zero attached hydrogens (tertiary/aromatic N) is 1. The highest BCUT2D eigenvalue weighted by molar-refractivity contribution is 9.10. The maximum atomic E-state index is 5.46. The molecule has 0 bridgehead atoms. The second kappa shape index (κ2) is 7.38. The molecule has 0 amide bonds. The monoisotopic (exact) mass is 331 g/mol. The normalized spacial score (nSPS) is 11.8. The van der Waals surface area contributed by atoms with Gasteiger partial charge in [-0.05, 0) is 40.5 Å². The number of ether oxygens (including phenoxy) is 2. The molecule has 102 valence electrons. The van der Waals surface area contributed by atoms with Crippen molar-refractivity contribution in [2.75, 3.05) is 13.4 Å². The van der Waals surface area contributed by atoms with Gasteiger partial charge in [0.2, 0.25) is 0 Å². The molecule has 0 N–H and O–H groups in total. The van der Waals surface area contributed by atoms with Gasteiger partial charge in [-0.1, -0.05) is 25.7 Å². The van der Waals surface area contributed by atoms with Crippen LogP contribution in [0.4, 0.5) is 0 Å². The van der Waals surface area contributed by atoms with Crippen LogP contribution >= 0.6 is 15.9 Å². The number of pyridine rings is 1. The fraction of sp³-hybridized carbons (Fsp3) is 0.615. The van der Waals surface area contributed by atoms with Crippen molar-refractivity contribution in [3.63, 3.8) is 0 Å². The van der Waals surface area contributed by atoms with Gasteiger partial charge in [0.15, 0.2) is 0 Å². The van der Waals surface area contributed by atoms with E-state index in [2.05, 4.69) is 40.6 Å². The molecule has 0 spiro atoms. The van der Waals surface area contributed by atoms with Gasteiger partial charge >= 0.3 is 0 Å². The molecule has 5 heteroatoms. The van der Waals surface area contributed by atoms with E-state index in [1.54, 1.807) is 0 Å². The Hall–Kier alpha value is -0.233. The third kappa shape index (κ3) is 6.63. The Morgan fingerprint density at radius 3 is 2.56 bits per heavy atom. The highest BCUT2D eigenvalue weighted by Gasteiger charge is 2.11. The molecule has 0 aromatic carbocycles. The number of aryl methyl sites for hydroxylation is 1. The SMILES string of the molecule is Cc1ccc(COCOCC[Si](C)(C)C)nc1Br. The first-order valence-corrected chi connectivity index (χ1v) is 10.7. The molecule has 0 aliphatic carbocycles. The van der Waals surface area contributed by atoms with Gasteiger partial charge in [0.05, 0.1) is 12.3 Å². The molecule has 1 rings (SSSR count). The molecule has 0 radical (unpaired) electrons. The number of aromatic nitrogens is 1. The van der Waals surface area contributed by atoms with Crippen LogP contribution in [-0.4, -0.2) is 26.5 Å². The molecule has 1 aromatic heterocycles. The van der Waals surface area contributed by atoms with Crippen LogP contribution in [-0.2, 0) is 16.1 Å². The Morgan fingerprint density at radius 2 is 1.94 bits per heavy atom. The Kier molecular flexibility index (Phi) is 6.49. The van der Waals surface area contributed by atoms with Gasteiger partial charge in [0.25, 0.3) is 0 Å². The lowest BCUT2D eigenvalue weighted by molar-refractivity contribution is -0.0582. The Labute approximate surface area is 119 Å². The third-order valence-corrected chi connectivity index (χ3v) is 5.01. The largest absolute Gasteiger partial charge is 0.356 e. The number of halogens is 1. The van der Waals surface area contributed by atoms with E-state index in [0.29, 0.717) is 13.4 Å². The molecule has 0 fully saturated rings. The first kappa shape index (κ1) is 15.8. The number of hydrogen-bond acceptors (Lipinski definition) is 3. The second-order valence-electron chi connectivity index (χ2n) is 5.60. The fourth-order valence-corrected chi connectivity index (χ4v) is 2.38. The van der Waals surface area contributed by atoms with Gasteiger partial charge in [-0.3, -0.25) is 0 Å². The smallest absolute Gasteiger partial charge is 0.147 e. The standard InChI is InChI=1S/C13H22BrNO2Si/c1-11-5-6-12(15-13(11)14)9-17-10-16-7-8-18(2,3)4/h5-6H,7-10H2,1-4H3. The van der Waals surface area contributed by atoms with E-state index in [-0.39, 0.29) is 0 Å². The summed E-state index contributed by atoms with van der Waals surface area (Å²) in [5.41, 5.74) is 2.05. The van der Waals surface area contributed by atoms with Crippen LogP contribution in [0.3, 0.4) is 0 Å². The van der Waals surface area contributed by atoms with Crippen molar-refractivity contribution in [3.05, 3.63) is 28.0 Å². The second-order valence-corrected chi connectivity index (χ2v) is 12.0. The average molecular weight is 332 g/mol. The zero-order valence-electron chi connectivity index (χ0n) is 11.6. The first-order valence-electron chi connectivity index (χ1n) is 6.16. The molecule has 0 aliphatic rings. The van der Waals surface area contributed by atoms with E-state index in [4.69, 9.17) is 9.47 Å². The van der Waals surface area contributed by atoms with Gasteiger partial charge in [-0.25, -0.2) is 4.98 Å². The van der Waals surface area contributed by atoms with Gasteiger partial charge < -0.3 is 9.47 Å². The van der Waals surface area contributed by atoms with E-state index >= 15 is 0 Å². The number of rotatable bonds is 7. The van der Waals surface area contributed by atoms with Gasteiger partial charge in [-0.2, -0.15) is 0 Å². The van der Waals surface area contributed by atoms with Crippen LogP contribution < -0.4 is 0 Å². The molecular weight excluding hydrogens is 310 g/mol. The van der Waals surface area contributed by atoms with Crippen molar-refractivity contribution < 1.29 is 9.47 Å². The summed E-state index contributed by atoms with van der Waals surface area (Å²) in [5.74, 6) is 0. The minimum absolute atomic E-state index is 0.345. The lowest BCUT2D eigenvalue weighted by Gasteiger charge is -2.15. The maximum Gasteiger partial charge on any atom is 0.147 e. The summed E-state index contributed by atoms with van der Waals surface area (Å²) in [7, 11) is -0.994. The lowest BCUT2D eigenvalue weighted by Crippen LogP contribution is -2.22. The molecule has 0 saturated carbocycles. The van der Waals surface area contributed by atoms with Crippen molar-refractivity contribution >= 4 is 24.0 Å². The fourth-order valence-electron chi connectivity index (χ4n) is 1.26. The van der Waals surface area contributed by atoms with Crippen LogP contribution in [0.2, 0.25) is 25.7 Å².